The Balaban J connectivity index is 2.31. The van der Waals surface area contributed by atoms with Gasteiger partial charge in [0.1, 0.15) is 42.6 Å². The van der Waals surface area contributed by atoms with Crippen LogP contribution >= 0.6 is 0 Å². The zero-order valence-electron chi connectivity index (χ0n) is 18.7. The number of aliphatic hydroxyl groups is 4. The normalized spacial score (nSPS) is 40.2. The molecule has 32 heavy (non-hydrogen) atoms. The van der Waals surface area contributed by atoms with E-state index in [9.17, 15) is 30.0 Å². The zero-order valence-corrected chi connectivity index (χ0v) is 18.7. The Bertz CT molecular complexity index is 636. The van der Waals surface area contributed by atoms with E-state index in [1.54, 1.807) is 13.8 Å². The molecule has 13 heteroatoms. The Hall–Kier alpha value is -1.42. The van der Waals surface area contributed by atoms with Crippen LogP contribution in [-0.4, -0.2) is 114 Å². The largest absolute Gasteiger partial charge is 0.394 e. The summed E-state index contributed by atoms with van der Waals surface area (Å²) >= 11 is 0. The molecule has 6 N–H and O–H groups in total. The molecule has 2 aliphatic rings. The van der Waals surface area contributed by atoms with Crippen molar-refractivity contribution in [3.8, 4) is 0 Å². The van der Waals surface area contributed by atoms with Gasteiger partial charge in [0.2, 0.25) is 11.8 Å². The number of carbonyl (C=O) groups excluding carboxylic acids is 2. The van der Waals surface area contributed by atoms with Crippen molar-refractivity contribution in [3.05, 3.63) is 0 Å². The van der Waals surface area contributed by atoms with Crippen LogP contribution in [0.4, 0.5) is 0 Å². The summed E-state index contributed by atoms with van der Waals surface area (Å²) in [6.07, 6.45) is -10.9. The molecule has 186 valence electrons. The van der Waals surface area contributed by atoms with Crippen LogP contribution in [0.2, 0.25) is 0 Å². The highest BCUT2D eigenvalue weighted by Crippen LogP contribution is 2.30. The van der Waals surface area contributed by atoms with E-state index in [-0.39, 0.29) is 6.10 Å². The summed E-state index contributed by atoms with van der Waals surface area (Å²) in [4.78, 5) is 23.3. The molecule has 0 unspecified atom stereocenters. The van der Waals surface area contributed by atoms with Gasteiger partial charge in [-0.25, -0.2) is 0 Å². The van der Waals surface area contributed by atoms with Crippen molar-refractivity contribution >= 4 is 11.8 Å². The van der Waals surface area contributed by atoms with Gasteiger partial charge >= 0.3 is 0 Å². The van der Waals surface area contributed by atoms with E-state index in [1.165, 1.54) is 21.0 Å². The molecule has 0 aromatic heterocycles. The average molecular weight is 466 g/mol. The zero-order chi connectivity index (χ0) is 24.2. The van der Waals surface area contributed by atoms with Crippen LogP contribution in [-0.2, 0) is 33.3 Å². The lowest BCUT2D eigenvalue weighted by Crippen LogP contribution is -2.69. The first-order valence-electron chi connectivity index (χ1n) is 10.3. The summed E-state index contributed by atoms with van der Waals surface area (Å²) in [5.74, 6) is -0.991. The summed E-state index contributed by atoms with van der Waals surface area (Å²) in [5.41, 5.74) is 0. The second-order valence-corrected chi connectivity index (χ2v) is 8.04. The molecule has 2 amide bonds. The molecule has 2 rings (SSSR count). The highest BCUT2D eigenvalue weighted by molar-refractivity contribution is 5.73. The van der Waals surface area contributed by atoms with Gasteiger partial charge in [0, 0.05) is 21.0 Å². The van der Waals surface area contributed by atoms with Crippen molar-refractivity contribution in [2.24, 2.45) is 0 Å². The molecule has 2 heterocycles. The fourth-order valence-corrected chi connectivity index (χ4v) is 3.69. The van der Waals surface area contributed by atoms with E-state index >= 15 is 0 Å². The summed E-state index contributed by atoms with van der Waals surface area (Å²) in [6, 6.07) is -2.29. The Morgan fingerprint density at radius 3 is 1.94 bits per heavy atom. The van der Waals surface area contributed by atoms with Gasteiger partial charge in [-0.05, 0) is 13.8 Å². The molecule has 2 fully saturated rings. The molecule has 2 aliphatic heterocycles. The van der Waals surface area contributed by atoms with Crippen LogP contribution in [0.3, 0.4) is 0 Å². The molecule has 0 aromatic carbocycles. The minimum Gasteiger partial charge on any atom is -0.394 e. The van der Waals surface area contributed by atoms with Crippen molar-refractivity contribution in [2.75, 3.05) is 13.7 Å². The number of nitrogens with one attached hydrogen (secondary N) is 2. The summed E-state index contributed by atoms with van der Waals surface area (Å²) < 4.78 is 27.8. The Morgan fingerprint density at radius 2 is 1.47 bits per heavy atom. The van der Waals surface area contributed by atoms with Gasteiger partial charge in [0.25, 0.3) is 0 Å². The van der Waals surface area contributed by atoms with E-state index in [1.807, 2.05) is 0 Å². The molecule has 0 bridgehead atoms. The maximum atomic E-state index is 11.7. The van der Waals surface area contributed by atoms with E-state index in [0.29, 0.717) is 0 Å². The third-order valence-corrected chi connectivity index (χ3v) is 5.08. The quantitative estimate of drug-likeness (QED) is 0.213. The molecule has 2 saturated heterocycles. The highest BCUT2D eigenvalue weighted by Gasteiger charge is 2.52. The van der Waals surface area contributed by atoms with Gasteiger partial charge in [-0.1, -0.05) is 0 Å². The lowest BCUT2D eigenvalue weighted by Gasteiger charge is -2.48. The van der Waals surface area contributed by atoms with Gasteiger partial charge in [0.05, 0.1) is 12.7 Å². The van der Waals surface area contributed by atoms with Gasteiger partial charge in [-0.15, -0.1) is 0 Å². The number of carbonyl (C=O) groups is 2. The van der Waals surface area contributed by atoms with Gasteiger partial charge in [-0.2, -0.15) is 0 Å². The first kappa shape index (κ1) is 26.8. The number of methoxy groups -OCH3 is 1. The first-order chi connectivity index (χ1) is 15.0. The van der Waals surface area contributed by atoms with E-state index in [4.69, 9.17) is 23.7 Å². The standard InChI is InChI=1S/C19H34N2O11/c1-7(2)29-17-12(21-9(4)24)14(26)16(10(6-22)30-17)31-18-11(20-8(3)23)13(25)15(27)19(28-5)32-18/h7,10-19,22,25-27H,6H2,1-5H3,(H,20,23)(H,21,24)/t10-,11+,12-,13+,14-,15-,16+,17+,18+,19-/m0/s1. The highest BCUT2D eigenvalue weighted by atomic mass is 16.8. The molecule has 0 aliphatic carbocycles. The molecule has 13 nitrogen and oxygen atoms in total. The van der Waals surface area contributed by atoms with Crippen LogP contribution in [0.15, 0.2) is 0 Å². The van der Waals surface area contributed by atoms with Gasteiger partial charge in [0.15, 0.2) is 18.9 Å². The maximum absolute atomic E-state index is 11.7. The van der Waals surface area contributed by atoms with E-state index in [0.717, 1.165) is 0 Å². The number of rotatable bonds is 8. The number of hydrogen-bond donors (Lipinski definition) is 6. The SMILES string of the molecule is CO[C@H]1O[C@@H](O[C@H]2[C@@H](O)[C@H](NC(C)=O)[C@H](OC(C)C)O[C@H]2CO)[C@H](NC(C)=O)[C@@H](O)[C@@H]1O. The monoisotopic (exact) mass is 466 g/mol. The van der Waals surface area contributed by atoms with Crippen LogP contribution < -0.4 is 10.6 Å². The predicted octanol–water partition coefficient (Wildman–Crippen LogP) is -3.07. The second-order valence-electron chi connectivity index (χ2n) is 8.04. The summed E-state index contributed by atoms with van der Waals surface area (Å²) in [5, 5.41) is 46.5. The van der Waals surface area contributed by atoms with Crippen molar-refractivity contribution in [2.45, 2.75) is 95.3 Å². The number of amides is 2. The number of ether oxygens (including phenoxy) is 5. The maximum Gasteiger partial charge on any atom is 0.217 e. The fourth-order valence-electron chi connectivity index (χ4n) is 3.69. The van der Waals surface area contributed by atoms with Crippen LogP contribution in [0.1, 0.15) is 27.7 Å². The molecule has 0 spiro atoms. The topological polar surface area (TPSA) is 185 Å². The minimum atomic E-state index is -1.53. The Kier molecular flexibility index (Phi) is 9.75. The summed E-state index contributed by atoms with van der Waals surface area (Å²) in [7, 11) is 1.24. The average Bonchev–Trinajstić information content (AvgIpc) is 2.70. The number of hydrogen-bond acceptors (Lipinski definition) is 11. The Morgan fingerprint density at radius 1 is 0.906 bits per heavy atom. The third-order valence-electron chi connectivity index (χ3n) is 5.08. The van der Waals surface area contributed by atoms with Crippen molar-refractivity contribution < 1.29 is 53.7 Å². The molecule has 0 radical (unpaired) electrons. The fraction of sp³-hybridized carbons (Fsp3) is 0.895. The smallest absolute Gasteiger partial charge is 0.217 e. The van der Waals surface area contributed by atoms with Crippen molar-refractivity contribution in [1.29, 1.82) is 0 Å². The molecule has 10 atom stereocenters. The third kappa shape index (κ3) is 6.34. The van der Waals surface area contributed by atoms with Gasteiger partial charge in [-0.3, -0.25) is 9.59 Å². The van der Waals surface area contributed by atoms with Crippen LogP contribution in [0, 0.1) is 0 Å². The molecular weight excluding hydrogens is 432 g/mol. The molecule has 0 aromatic rings. The lowest BCUT2D eigenvalue weighted by molar-refractivity contribution is -0.358. The van der Waals surface area contributed by atoms with E-state index in [2.05, 4.69) is 10.6 Å². The lowest BCUT2D eigenvalue weighted by atomic mass is 9.95. The van der Waals surface area contributed by atoms with Crippen LogP contribution in [0.25, 0.3) is 0 Å². The Labute approximate surface area is 185 Å². The first-order valence-corrected chi connectivity index (χ1v) is 10.3. The van der Waals surface area contributed by atoms with Crippen LogP contribution in [0.5, 0.6) is 0 Å². The van der Waals surface area contributed by atoms with Crippen molar-refractivity contribution in [1.82, 2.24) is 10.6 Å². The predicted molar refractivity (Wildman–Crippen MR) is 106 cm³/mol. The van der Waals surface area contributed by atoms with Gasteiger partial charge < -0.3 is 54.7 Å². The summed E-state index contributed by atoms with van der Waals surface area (Å²) in [6.45, 7) is 5.35. The minimum absolute atomic E-state index is 0.315. The van der Waals surface area contributed by atoms with E-state index < -0.39 is 79.9 Å². The second kappa shape index (κ2) is 11.6. The van der Waals surface area contributed by atoms with Crippen molar-refractivity contribution in [3.63, 3.8) is 0 Å². The molecule has 0 saturated carbocycles. The number of aliphatic hydroxyl groups excluding tert-OH is 4. The molecular formula is C19H34N2O11.